The average Bonchev–Trinajstić information content (AvgIpc) is 3.76. The molecule has 0 unspecified atom stereocenters. The number of likely N-dealkylation sites (tertiary alicyclic amines) is 1. The Labute approximate surface area is 230 Å². The normalized spacial score (nSPS) is 17.4. The number of nitrogens with zero attached hydrogens (tertiary/aromatic N) is 2. The van der Waals surface area contributed by atoms with Crippen LogP contribution >= 0.6 is 11.6 Å². The molecule has 208 valence electrons. The van der Waals surface area contributed by atoms with Crippen LogP contribution in [-0.4, -0.2) is 58.9 Å². The number of hydrogen-bond acceptors (Lipinski definition) is 5. The predicted molar refractivity (Wildman–Crippen MR) is 146 cm³/mol. The van der Waals surface area contributed by atoms with Crippen molar-refractivity contribution in [2.24, 2.45) is 0 Å². The van der Waals surface area contributed by atoms with Gasteiger partial charge < -0.3 is 24.6 Å². The van der Waals surface area contributed by atoms with Gasteiger partial charge in [0.15, 0.2) is 0 Å². The summed E-state index contributed by atoms with van der Waals surface area (Å²) < 4.78 is 35.2. The standard InChI is InChI=1S/C29H32ClF2N3O4/c1-17-2-5-21(12-25(17)31)39-16-20(36)8-11-34-9-6-18(7-10-34)33-29(38)23-15-35(19-3-4-19)27-14-24(30)26(32)13-22(27)28(23)37/h2,5,12-15,18-20,36H,3-4,6-11,16H2,1H3,(H,33,38)/t20-/m1/s1. The van der Waals surface area contributed by atoms with Crippen molar-refractivity contribution in [3.05, 3.63) is 74.5 Å². The number of benzene rings is 2. The molecule has 2 heterocycles. The lowest BCUT2D eigenvalue weighted by Crippen LogP contribution is -2.46. The van der Waals surface area contributed by atoms with Crippen molar-refractivity contribution in [3.8, 4) is 5.75 Å². The fourth-order valence-electron chi connectivity index (χ4n) is 5.00. The van der Waals surface area contributed by atoms with E-state index in [9.17, 15) is 23.5 Å². The maximum absolute atomic E-state index is 14.2. The van der Waals surface area contributed by atoms with Gasteiger partial charge in [-0.2, -0.15) is 0 Å². The second-order valence-electron chi connectivity index (χ2n) is 10.5. The largest absolute Gasteiger partial charge is 0.491 e. The van der Waals surface area contributed by atoms with Crippen molar-refractivity contribution >= 4 is 28.4 Å². The maximum atomic E-state index is 14.2. The van der Waals surface area contributed by atoms with Gasteiger partial charge in [0.1, 0.15) is 29.6 Å². The Kier molecular flexibility index (Phi) is 8.21. The summed E-state index contributed by atoms with van der Waals surface area (Å²) in [5.74, 6) is -1.10. The van der Waals surface area contributed by atoms with Gasteiger partial charge in [-0.15, -0.1) is 0 Å². The van der Waals surface area contributed by atoms with Gasteiger partial charge in [-0.1, -0.05) is 17.7 Å². The third-order valence-corrected chi connectivity index (χ3v) is 7.84. The Morgan fingerprint density at radius 1 is 1.15 bits per heavy atom. The Bertz CT molecular complexity index is 1430. The zero-order chi connectivity index (χ0) is 27.7. The van der Waals surface area contributed by atoms with Crippen LogP contribution in [0.1, 0.15) is 54.1 Å². The molecule has 3 aromatic rings. The van der Waals surface area contributed by atoms with Crippen LogP contribution < -0.4 is 15.5 Å². The molecule has 1 amide bonds. The van der Waals surface area contributed by atoms with Gasteiger partial charge in [-0.25, -0.2) is 8.78 Å². The zero-order valence-corrected chi connectivity index (χ0v) is 22.5. The van der Waals surface area contributed by atoms with E-state index in [2.05, 4.69) is 10.2 Å². The van der Waals surface area contributed by atoms with Crippen LogP contribution in [0.4, 0.5) is 8.78 Å². The van der Waals surface area contributed by atoms with E-state index >= 15 is 0 Å². The van der Waals surface area contributed by atoms with Crippen molar-refractivity contribution in [1.29, 1.82) is 0 Å². The molecule has 0 radical (unpaired) electrons. The molecule has 1 atom stereocenters. The fraction of sp³-hybridized carbons (Fsp3) is 0.448. The third-order valence-electron chi connectivity index (χ3n) is 7.55. The lowest BCUT2D eigenvalue weighted by molar-refractivity contribution is 0.0797. The van der Waals surface area contributed by atoms with E-state index in [-0.39, 0.29) is 40.5 Å². The number of rotatable bonds is 9. The van der Waals surface area contributed by atoms with E-state index in [4.69, 9.17) is 16.3 Å². The highest BCUT2D eigenvalue weighted by molar-refractivity contribution is 6.31. The number of aryl methyl sites for hydroxylation is 1. The lowest BCUT2D eigenvalue weighted by atomic mass is 10.0. The molecular weight excluding hydrogens is 528 g/mol. The van der Waals surface area contributed by atoms with E-state index in [1.54, 1.807) is 25.3 Å². The summed E-state index contributed by atoms with van der Waals surface area (Å²) in [6.45, 7) is 3.88. The van der Waals surface area contributed by atoms with Crippen LogP contribution in [-0.2, 0) is 0 Å². The highest BCUT2D eigenvalue weighted by atomic mass is 35.5. The highest BCUT2D eigenvalue weighted by Gasteiger charge is 2.28. The molecule has 2 fully saturated rings. The molecule has 1 aliphatic heterocycles. The van der Waals surface area contributed by atoms with Crippen LogP contribution in [0, 0.1) is 18.6 Å². The van der Waals surface area contributed by atoms with Gasteiger partial charge in [-0.05, 0) is 62.8 Å². The summed E-state index contributed by atoms with van der Waals surface area (Å²) in [6.07, 6.45) is 4.66. The first-order valence-electron chi connectivity index (χ1n) is 13.3. The van der Waals surface area contributed by atoms with Gasteiger partial charge in [-0.3, -0.25) is 9.59 Å². The average molecular weight is 560 g/mol. The van der Waals surface area contributed by atoms with Crippen molar-refractivity contribution in [1.82, 2.24) is 14.8 Å². The molecule has 5 rings (SSSR count). The second kappa shape index (κ2) is 11.6. The molecule has 10 heteroatoms. The third kappa shape index (κ3) is 6.42. The number of ether oxygens (including phenoxy) is 1. The molecule has 2 aliphatic rings. The molecule has 1 aliphatic carbocycles. The smallest absolute Gasteiger partial charge is 0.256 e. The van der Waals surface area contributed by atoms with Crippen LogP contribution in [0.25, 0.3) is 10.9 Å². The van der Waals surface area contributed by atoms with E-state index in [0.29, 0.717) is 42.6 Å². The number of carbonyl (C=O) groups excluding carboxylic acids is 1. The number of carbonyl (C=O) groups is 1. The summed E-state index contributed by atoms with van der Waals surface area (Å²) in [6, 6.07) is 7.28. The van der Waals surface area contributed by atoms with Gasteiger partial charge in [0.25, 0.3) is 5.91 Å². The number of fused-ring (bicyclic) bond motifs is 1. The van der Waals surface area contributed by atoms with E-state index in [1.807, 2.05) is 4.57 Å². The molecule has 7 nitrogen and oxygen atoms in total. The van der Waals surface area contributed by atoms with Gasteiger partial charge in [0.2, 0.25) is 5.43 Å². The quantitative estimate of drug-likeness (QED) is 0.400. The summed E-state index contributed by atoms with van der Waals surface area (Å²) >= 11 is 5.96. The second-order valence-corrected chi connectivity index (χ2v) is 11.0. The number of piperidine rings is 1. The minimum atomic E-state index is -0.687. The molecule has 2 N–H and O–H groups in total. The van der Waals surface area contributed by atoms with Crippen molar-refractivity contribution in [3.63, 3.8) is 0 Å². The summed E-state index contributed by atoms with van der Waals surface area (Å²) in [5.41, 5.74) is 0.584. The number of nitrogens with one attached hydrogen (secondary N) is 1. The topological polar surface area (TPSA) is 83.8 Å². The van der Waals surface area contributed by atoms with Crippen molar-refractivity contribution in [2.75, 3.05) is 26.2 Å². The van der Waals surface area contributed by atoms with Gasteiger partial charge in [0.05, 0.1) is 16.6 Å². The van der Waals surface area contributed by atoms with Crippen LogP contribution in [0.3, 0.4) is 0 Å². The minimum Gasteiger partial charge on any atom is -0.491 e. The number of halogens is 3. The molecule has 1 saturated carbocycles. The van der Waals surface area contributed by atoms with E-state index < -0.39 is 23.3 Å². The molecule has 0 bridgehead atoms. The van der Waals surface area contributed by atoms with E-state index in [0.717, 1.165) is 32.0 Å². The van der Waals surface area contributed by atoms with Crippen molar-refractivity contribution in [2.45, 2.75) is 57.2 Å². The number of aliphatic hydroxyl groups excluding tert-OH is 1. The molecule has 39 heavy (non-hydrogen) atoms. The van der Waals surface area contributed by atoms with Crippen LogP contribution in [0.15, 0.2) is 41.3 Å². The van der Waals surface area contributed by atoms with Crippen LogP contribution in [0.5, 0.6) is 5.75 Å². The maximum Gasteiger partial charge on any atom is 0.256 e. The Morgan fingerprint density at radius 2 is 1.90 bits per heavy atom. The summed E-state index contributed by atoms with van der Waals surface area (Å²) in [4.78, 5) is 28.4. The van der Waals surface area contributed by atoms with E-state index in [1.165, 1.54) is 12.1 Å². The first kappa shape index (κ1) is 27.6. The SMILES string of the molecule is Cc1ccc(OC[C@H](O)CCN2CCC(NC(=O)c3cn(C4CC4)c4cc(Cl)c(F)cc4c3=O)CC2)cc1F. The lowest BCUT2D eigenvalue weighted by Gasteiger charge is -2.32. The molecular formula is C29H32ClF2N3O4. The summed E-state index contributed by atoms with van der Waals surface area (Å²) in [7, 11) is 0. The molecule has 2 aromatic carbocycles. The highest BCUT2D eigenvalue weighted by Crippen LogP contribution is 2.37. The predicted octanol–water partition coefficient (Wildman–Crippen LogP) is 4.60. The molecule has 1 aromatic heterocycles. The van der Waals surface area contributed by atoms with Crippen molar-refractivity contribution < 1.29 is 23.4 Å². The first-order chi connectivity index (χ1) is 18.7. The number of hydrogen-bond donors (Lipinski definition) is 2. The fourth-order valence-corrected chi connectivity index (χ4v) is 5.15. The summed E-state index contributed by atoms with van der Waals surface area (Å²) in [5, 5.41) is 13.4. The van der Waals surface area contributed by atoms with Gasteiger partial charge in [0, 0.05) is 49.4 Å². The number of aromatic nitrogens is 1. The first-order valence-corrected chi connectivity index (χ1v) is 13.7. The van der Waals surface area contributed by atoms with Gasteiger partial charge >= 0.3 is 0 Å². The van der Waals surface area contributed by atoms with Crippen LogP contribution in [0.2, 0.25) is 5.02 Å². The Hall–Kier alpha value is -3.01. The number of pyridine rings is 1. The Balaban J connectivity index is 1.13. The monoisotopic (exact) mass is 559 g/mol. The molecule has 0 spiro atoms. The minimum absolute atomic E-state index is 0.00938. The number of amides is 1. The number of aliphatic hydroxyl groups is 1. The molecule has 1 saturated heterocycles. The Morgan fingerprint density at radius 3 is 2.59 bits per heavy atom. The zero-order valence-electron chi connectivity index (χ0n) is 21.8.